The normalized spacial score (nSPS) is 12.4. The molecule has 1 aromatic carbocycles. The Morgan fingerprint density at radius 3 is 2.68 bits per heavy atom. The van der Waals surface area contributed by atoms with Crippen LogP contribution in [0.2, 0.25) is 5.02 Å². The molecular formula is C14H13ClF2N2. The average Bonchev–Trinajstić information content (AvgIpc) is 2.41. The molecule has 0 spiro atoms. The van der Waals surface area contributed by atoms with Gasteiger partial charge in [-0.05, 0) is 37.2 Å². The van der Waals surface area contributed by atoms with Crippen molar-refractivity contribution in [3.63, 3.8) is 0 Å². The van der Waals surface area contributed by atoms with Gasteiger partial charge in [0.2, 0.25) is 0 Å². The van der Waals surface area contributed by atoms with Crippen molar-refractivity contribution in [2.75, 3.05) is 7.05 Å². The highest BCUT2D eigenvalue weighted by Gasteiger charge is 2.15. The molecule has 0 amide bonds. The first-order chi connectivity index (χ1) is 9.11. The van der Waals surface area contributed by atoms with E-state index in [4.69, 9.17) is 11.6 Å². The van der Waals surface area contributed by atoms with Crippen LogP contribution in [0.3, 0.4) is 0 Å². The molecule has 0 radical (unpaired) electrons. The smallest absolute Gasteiger partial charge is 0.146 e. The van der Waals surface area contributed by atoms with Gasteiger partial charge in [-0.3, -0.25) is 4.98 Å². The molecule has 1 atom stereocenters. The number of nitrogens with one attached hydrogen (secondary N) is 1. The van der Waals surface area contributed by atoms with Crippen molar-refractivity contribution >= 4 is 11.6 Å². The average molecular weight is 283 g/mol. The SMILES string of the molecule is CNC(Cc1ccc(Cl)c(F)c1)c1ccncc1F. The molecule has 2 nitrogen and oxygen atoms in total. The third-order valence-electron chi connectivity index (χ3n) is 2.95. The zero-order valence-corrected chi connectivity index (χ0v) is 11.1. The van der Waals surface area contributed by atoms with Crippen LogP contribution in [0.1, 0.15) is 17.2 Å². The van der Waals surface area contributed by atoms with Crippen molar-refractivity contribution in [1.29, 1.82) is 0 Å². The zero-order chi connectivity index (χ0) is 13.8. The lowest BCUT2D eigenvalue weighted by Gasteiger charge is -2.17. The van der Waals surface area contributed by atoms with E-state index in [-0.39, 0.29) is 16.9 Å². The van der Waals surface area contributed by atoms with E-state index in [1.165, 1.54) is 24.5 Å². The van der Waals surface area contributed by atoms with Crippen LogP contribution in [0, 0.1) is 11.6 Å². The van der Waals surface area contributed by atoms with Gasteiger partial charge < -0.3 is 5.32 Å². The van der Waals surface area contributed by atoms with Crippen molar-refractivity contribution in [2.45, 2.75) is 12.5 Å². The van der Waals surface area contributed by atoms with Crippen LogP contribution in [0.15, 0.2) is 36.7 Å². The van der Waals surface area contributed by atoms with Gasteiger partial charge in [-0.2, -0.15) is 0 Å². The van der Waals surface area contributed by atoms with E-state index >= 15 is 0 Å². The molecule has 100 valence electrons. The van der Waals surface area contributed by atoms with Crippen molar-refractivity contribution in [3.8, 4) is 0 Å². The molecular weight excluding hydrogens is 270 g/mol. The minimum absolute atomic E-state index is 0.0832. The predicted octanol–water partition coefficient (Wildman–Crippen LogP) is 3.52. The highest BCUT2D eigenvalue weighted by molar-refractivity contribution is 6.30. The number of rotatable bonds is 4. The van der Waals surface area contributed by atoms with Gasteiger partial charge >= 0.3 is 0 Å². The number of hydrogen-bond acceptors (Lipinski definition) is 2. The second-order valence-electron chi connectivity index (χ2n) is 4.19. The highest BCUT2D eigenvalue weighted by Crippen LogP contribution is 2.22. The first kappa shape index (κ1) is 13.9. The Bertz CT molecular complexity index is 575. The van der Waals surface area contributed by atoms with E-state index in [1.54, 1.807) is 19.2 Å². The lowest BCUT2D eigenvalue weighted by atomic mass is 9.99. The molecule has 1 aromatic heterocycles. The van der Waals surface area contributed by atoms with Crippen molar-refractivity contribution in [2.24, 2.45) is 0 Å². The Balaban J connectivity index is 2.24. The molecule has 0 aliphatic heterocycles. The van der Waals surface area contributed by atoms with Crippen molar-refractivity contribution in [1.82, 2.24) is 10.3 Å². The van der Waals surface area contributed by atoms with Crippen molar-refractivity contribution < 1.29 is 8.78 Å². The molecule has 0 fully saturated rings. The zero-order valence-electron chi connectivity index (χ0n) is 10.3. The van der Waals surface area contributed by atoms with E-state index in [0.717, 1.165) is 5.56 Å². The van der Waals surface area contributed by atoms with Crippen LogP contribution in [0.25, 0.3) is 0 Å². The largest absolute Gasteiger partial charge is 0.313 e. The van der Waals surface area contributed by atoms with E-state index in [9.17, 15) is 8.78 Å². The summed E-state index contributed by atoms with van der Waals surface area (Å²) >= 11 is 5.63. The summed E-state index contributed by atoms with van der Waals surface area (Å²) in [6, 6.07) is 5.97. The molecule has 1 unspecified atom stereocenters. The summed E-state index contributed by atoms with van der Waals surface area (Å²) in [5.41, 5.74) is 1.25. The summed E-state index contributed by atoms with van der Waals surface area (Å²) < 4.78 is 27.1. The lowest BCUT2D eigenvalue weighted by Crippen LogP contribution is -2.20. The van der Waals surface area contributed by atoms with Gasteiger partial charge in [-0.1, -0.05) is 17.7 Å². The maximum Gasteiger partial charge on any atom is 0.146 e. The Kier molecular flexibility index (Phi) is 4.45. The van der Waals surface area contributed by atoms with Crippen LogP contribution in [-0.4, -0.2) is 12.0 Å². The van der Waals surface area contributed by atoms with Gasteiger partial charge in [0.25, 0.3) is 0 Å². The van der Waals surface area contributed by atoms with Gasteiger partial charge in [-0.25, -0.2) is 8.78 Å². The number of nitrogens with zero attached hydrogens (tertiary/aromatic N) is 1. The van der Waals surface area contributed by atoms with Gasteiger partial charge in [0.1, 0.15) is 11.6 Å². The number of benzene rings is 1. The Morgan fingerprint density at radius 2 is 2.05 bits per heavy atom. The fraction of sp³-hybridized carbons (Fsp3) is 0.214. The van der Waals surface area contributed by atoms with E-state index in [0.29, 0.717) is 12.0 Å². The predicted molar refractivity (Wildman–Crippen MR) is 71.1 cm³/mol. The molecule has 0 aliphatic rings. The summed E-state index contributed by atoms with van der Waals surface area (Å²) in [4.78, 5) is 3.71. The second-order valence-corrected chi connectivity index (χ2v) is 4.60. The fourth-order valence-corrected chi connectivity index (χ4v) is 2.06. The number of likely N-dealkylation sites (N-methyl/N-ethyl adjacent to an activating group) is 1. The van der Waals surface area contributed by atoms with Crippen LogP contribution in [-0.2, 0) is 6.42 Å². The van der Waals surface area contributed by atoms with Crippen LogP contribution in [0.4, 0.5) is 8.78 Å². The standard InChI is InChI=1S/C14H13ClF2N2/c1-18-14(10-4-5-19-8-13(10)17)7-9-2-3-11(15)12(16)6-9/h2-6,8,14,18H,7H2,1H3. The molecule has 1 heterocycles. The summed E-state index contributed by atoms with van der Waals surface area (Å²) in [5, 5.41) is 3.10. The van der Waals surface area contributed by atoms with Crippen LogP contribution >= 0.6 is 11.6 Å². The first-order valence-corrected chi connectivity index (χ1v) is 6.20. The fourth-order valence-electron chi connectivity index (χ4n) is 1.94. The topological polar surface area (TPSA) is 24.9 Å². The second kappa shape index (κ2) is 6.08. The number of pyridine rings is 1. The van der Waals surface area contributed by atoms with Crippen molar-refractivity contribution in [3.05, 3.63) is 64.4 Å². The molecule has 0 aliphatic carbocycles. The molecule has 2 aromatic rings. The van der Waals surface area contributed by atoms with E-state index < -0.39 is 5.82 Å². The monoisotopic (exact) mass is 282 g/mol. The summed E-state index contributed by atoms with van der Waals surface area (Å²) in [6.45, 7) is 0. The molecule has 0 bridgehead atoms. The van der Waals surface area contributed by atoms with Gasteiger partial charge in [0.05, 0.1) is 11.2 Å². The lowest BCUT2D eigenvalue weighted by molar-refractivity contribution is 0.529. The Hall–Kier alpha value is -1.52. The Morgan fingerprint density at radius 1 is 1.26 bits per heavy atom. The summed E-state index contributed by atoms with van der Waals surface area (Å²) in [5.74, 6) is -0.847. The maximum absolute atomic E-state index is 13.7. The van der Waals surface area contributed by atoms with Gasteiger partial charge in [0, 0.05) is 17.8 Å². The minimum atomic E-state index is -0.468. The van der Waals surface area contributed by atoms with Gasteiger partial charge in [-0.15, -0.1) is 0 Å². The van der Waals surface area contributed by atoms with Crippen LogP contribution in [0.5, 0.6) is 0 Å². The molecule has 5 heteroatoms. The summed E-state index contributed by atoms with van der Waals surface area (Å²) in [7, 11) is 1.73. The Labute approximate surface area is 115 Å². The number of hydrogen-bond donors (Lipinski definition) is 1. The highest BCUT2D eigenvalue weighted by atomic mass is 35.5. The maximum atomic E-state index is 13.7. The quantitative estimate of drug-likeness (QED) is 0.928. The minimum Gasteiger partial charge on any atom is -0.313 e. The van der Waals surface area contributed by atoms with E-state index in [2.05, 4.69) is 10.3 Å². The molecule has 0 saturated carbocycles. The molecule has 19 heavy (non-hydrogen) atoms. The van der Waals surface area contributed by atoms with E-state index in [1.807, 2.05) is 0 Å². The number of halogens is 3. The third-order valence-corrected chi connectivity index (χ3v) is 3.26. The first-order valence-electron chi connectivity index (χ1n) is 5.82. The molecule has 1 N–H and O–H groups in total. The number of aromatic nitrogens is 1. The molecule has 0 saturated heterocycles. The van der Waals surface area contributed by atoms with Gasteiger partial charge in [0.15, 0.2) is 0 Å². The third kappa shape index (κ3) is 3.28. The summed E-state index contributed by atoms with van der Waals surface area (Å²) in [6.07, 6.45) is 3.17. The molecule has 2 rings (SSSR count). The van der Waals surface area contributed by atoms with Crippen LogP contribution < -0.4 is 5.32 Å².